The van der Waals surface area contributed by atoms with Gasteiger partial charge in [0.1, 0.15) is 0 Å². The zero-order valence-electron chi connectivity index (χ0n) is 11.0. The van der Waals surface area contributed by atoms with E-state index < -0.39 is 0 Å². The molecule has 0 rings (SSSR count). The molecule has 96 valence electrons. The van der Waals surface area contributed by atoms with Gasteiger partial charge in [-0.1, -0.05) is 79.8 Å². The molecular weight excluding hydrogens is 339 g/mol. The molecule has 0 radical (unpaired) electrons. The predicted molar refractivity (Wildman–Crippen MR) is 91.0 cm³/mol. The maximum absolute atomic E-state index is 5.26. The smallest absolute Gasteiger partial charge is 0.0438 e. The highest BCUT2D eigenvalue weighted by atomic mass is 127. The van der Waals surface area contributed by atoms with E-state index in [0.717, 1.165) is 6.42 Å². The molecule has 0 saturated heterocycles. The van der Waals surface area contributed by atoms with Crippen molar-refractivity contribution in [1.82, 2.24) is 0 Å². The molecule has 2 heteroatoms. The molecule has 0 aromatic rings. The summed E-state index contributed by atoms with van der Waals surface area (Å²) in [7, 11) is 0. The first-order valence-electron chi connectivity index (χ1n) is 6.19. The molecule has 0 aromatic carbocycles. The number of halogens is 1. The maximum Gasteiger partial charge on any atom is 0.0438 e. The highest BCUT2D eigenvalue weighted by Crippen LogP contribution is 2.28. The number of hydrogen-bond donors (Lipinski definition) is 1. The Hall–Kier alpha value is 0.120. The predicted octanol–water partition coefficient (Wildman–Crippen LogP) is 5.05. The third-order valence-electron chi connectivity index (χ3n) is 2.69. The van der Waals surface area contributed by atoms with Crippen LogP contribution in [0.25, 0.3) is 0 Å². The molecule has 0 aliphatic carbocycles. The van der Waals surface area contributed by atoms with Crippen LogP contribution in [-0.4, -0.2) is 9.17 Å². The van der Waals surface area contributed by atoms with E-state index in [2.05, 4.69) is 74.1 Å². The van der Waals surface area contributed by atoms with Crippen molar-refractivity contribution in [3.05, 3.63) is 23.8 Å². The molecule has 2 unspecified atom stereocenters. The highest BCUT2D eigenvalue weighted by Gasteiger charge is 2.18. The lowest BCUT2D eigenvalue weighted by atomic mass is 9.94. The molecule has 0 N–H and O–H groups in total. The van der Waals surface area contributed by atoms with Crippen LogP contribution in [0.15, 0.2) is 23.8 Å². The van der Waals surface area contributed by atoms with Crippen molar-refractivity contribution in [2.75, 3.05) is 0 Å². The molecule has 0 heterocycles. The summed E-state index contributed by atoms with van der Waals surface area (Å²) in [6.07, 6.45) is 15.2. The Morgan fingerprint density at radius 3 is 2.59 bits per heavy atom. The van der Waals surface area contributed by atoms with Crippen LogP contribution >= 0.6 is 35.2 Å². The van der Waals surface area contributed by atoms with Gasteiger partial charge in [0, 0.05) is 9.17 Å². The van der Waals surface area contributed by atoms with Crippen LogP contribution in [0.4, 0.5) is 0 Å². The van der Waals surface area contributed by atoms with Gasteiger partial charge < -0.3 is 0 Å². The molecule has 0 nitrogen and oxygen atoms in total. The SMILES string of the molecule is C#C/C=C\C(C)/C(=C\CCCC)C(I)[C@H](C)S. The Kier molecular flexibility index (Phi) is 10.2. The molecular formula is C15H23IS. The van der Waals surface area contributed by atoms with Crippen molar-refractivity contribution in [2.24, 2.45) is 5.92 Å². The first-order valence-corrected chi connectivity index (χ1v) is 7.95. The molecule has 0 aromatic heterocycles. The lowest BCUT2D eigenvalue weighted by Gasteiger charge is -2.21. The summed E-state index contributed by atoms with van der Waals surface area (Å²) in [5, 5.41) is 0.366. The number of alkyl halides is 1. The van der Waals surface area contributed by atoms with Gasteiger partial charge >= 0.3 is 0 Å². The van der Waals surface area contributed by atoms with Crippen molar-refractivity contribution in [3.63, 3.8) is 0 Å². The fraction of sp³-hybridized carbons (Fsp3) is 0.600. The summed E-state index contributed by atoms with van der Waals surface area (Å²) in [6.45, 7) is 6.57. The lowest BCUT2D eigenvalue weighted by Crippen LogP contribution is -2.17. The summed E-state index contributed by atoms with van der Waals surface area (Å²) < 4.78 is 0.463. The van der Waals surface area contributed by atoms with E-state index in [-0.39, 0.29) is 0 Å². The first-order chi connectivity index (χ1) is 8.04. The monoisotopic (exact) mass is 362 g/mol. The lowest BCUT2D eigenvalue weighted by molar-refractivity contribution is 0.759. The van der Waals surface area contributed by atoms with E-state index in [1.165, 1.54) is 18.4 Å². The minimum absolute atomic E-state index is 0.366. The van der Waals surface area contributed by atoms with E-state index in [0.29, 0.717) is 15.1 Å². The van der Waals surface area contributed by atoms with Crippen LogP contribution in [0, 0.1) is 18.3 Å². The van der Waals surface area contributed by atoms with Gasteiger partial charge in [0.2, 0.25) is 0 Å². The second-order valence-corrected chi connectivity index (χ2v) is 6.46. The van der Waals surface area contributed by atoms with Crippen molar-refractivity contribution >= 4 is 35.2 Å². The van der Waals surface area contributed by atoms with Gasteiger partial charge in [0.15, 0.2) is 0 Å². The van der Waals surface area contributed by atoms with Gasteiger partial charge in [-0.15, -0.1) is 6.42 Å². The third kappa shape index (κ3) is 7.21. The quantitative estimate of drug-likeness (QED) is 0.161. The van der Waals surface area contributed by atoms with Gasteiger partial charge in [0.05, 0.1) is 0 Å². The Labute approximate surface area is 126 Å². The van der Waals surface area contributed by atoms with Crippen LogP contribution in [0.2, 0.25) is 0 Å². The van der Waals surface area contributed by atoms with Gasteiger partial charge in [0.25, 0.3) is 0 Å². The summed E-state index contributed by atoms with van der Waals surface area (Å²) >= 11 is 7.03. The second-order valence-electron chi connectivity index (χ2n) is 4.30. The molecule has 3 atom stereocenters. The molecule has 0 fully saturated rings. The summed E-state index contributed by atoms with van der Waals surface area (Å²) in [5.41, 5.74) is 1.45. The van der Waals surface area contributed by atoms with E-state index in [4.69, 9.17) is 6.42 Å². The Balaban J connectivity index is 4.78. The number of rotatable bonds is 7. The van der Waals surface area contributed by atoms with Crippen LogP contribution in [-0.2, 0) is 0 Å². The fourth-order valence-corrected chi connectivity index (χ4v) is 2.61. The Morgan fingerprint density at radius 1 is 1.47 bits per heavy atom. The second kappa shape index (κ2) is 10.1. The van der Waals surface area contributed by atoms with E-state index >= 15 is 0 Å². The Morgan fingerprint density at radius 2 is 2.12 bits per heavy atom. The molecule has 0 spiro atoms. The summed E-state index contributed by atoms with van der Waals surface area (Å²) in [4.78, 5) is 0. The number of terminal acetylenes is 1. The van der Waals surface area contributed by atoms with E-state index in [9.17, 15) is 0 Å². The standard InChI is InChI=1S/C15H23IS/c1-5-7-9-11-14(15(16)13(4)17)12(3)10-8-6-2/h2,8,10-13,15,17H,5,7,9H2,1,3-4H3/b10-8-,14-11+/t12?,13-,15?/m0/s1. The largest absolute Gasteiger partial charge is 0.175 e. The number of hydrogen-bond acceptors (Lipinski definition) is 1. The van der Waals surface area contributed by atoms with Gasteiger partial charge in [-0.05, 0) is 18.4 Å². The van der Waals surface area contributed by atoms with Crippen molar-refractivity contribution in [2.45, 2.75) is 49.2 Å². The summed E-state index contributed by atoms with van der Waals surface area (Å²) in [6, 6.07) is 0. The molecule has 17 heavy (non-hydrogen) atoms. The van der Waals surface area contributed by atoms with Crippen molar-refractivity contribution in [1.29, 1.82) is 0 Å². The van der Waals surface area contributed by atoms with Crippen LogP contribution < -0.4 is 0 Å². The minimum atomic E-state index is 0.366. The van der Waals surface area contributed by atoms with Gasteiger partial charge in [-0.2, -0.15) is 12.6 Å². The summed E-state index contributed by atoms with van der Waals surface area (Å²) in [5.74, 6) is 2.96. The van der Waals surface area contributed by atoms with Crippen LogP contribution in [0.5, 0.6) is 0 Å². The molecule has 0 aliphatic heterocycles. The number of unbranched alkanes of at least 4 members (excludes halogenated alkanes) is 2. The topological polar surface area (TPSA) is 0 Å². The van der Waals surface area contributed by atoms with Gasteiger partial charge in [-0.3, -0.25) is 0 Å². The van der Waals surface area contributed by atoms with Crippen LogP contribution in [0.3, 0.4) is 0 Å². The van der Waals surface area contributed by atoms with Gasteiger partial charge in [-0.25, -0.2) is 0 Å². The molecule has 0 amide bonds. The third-order valence-corrected chi connectivity index (χ3v) is 5.35. The average Bonchev–Trinajstić information content (AvgIpc) is 2.30. The van der Waals surface area contributed by atoms with Crippen LogP contribution in [0.1, 0.15) is 40.0 Å². The zero-order valence-corrected chi connectivity index (χ0v) is 14.0. The zero-order chi connectivity index (χ0) is 13.3. The minimum Gasteiger partial charge on any atom is -0.175 e. The molecule has 0 bridgehead atoms. The Bertz CT molecular complexity index is 297. The normalized spacial score (nSPS) is 17.8. The molecule has 0 saturated carbocycles. The van der Waals surface area contributed by atoms with E-state index in [1.54, 1.807) is 6.08 Å². The first kappa shape index (κ1) is 17.1. The van der Waals surface area contributed by atoms with Crippen molar-refractivity contribution < 1.29 is 0 Å². The maximum atomic E-state index is 5.26. The number of allylic oxidation sites excluding steroid dienone is 4. The number of thiol groups is 1. The fourth-order valence-electron chi connectivity index (χ4n) is 1.61. The van der Waals surface area contributed by atoms with Crippen molar-refractivity contribution in [3.8, 4) is 12.3 Å². The van der Waals surface area contributed by atoms with E-state index in [1.807, 2.05) is 0 Å². The average molecular weight is 362 g/mol. The molecule has 0 aliphatic rings. The highest BCUT2D eigenvalue weighted by molar-refractivity contribution is 14.1.